The maximum Gasteiger partial charge on any atom is 0.336 e. The van der Waals surface area contributed by atoms with Crippen LogP contribution >= 0.6 is 11.6 Å². The van der Waals surface area contributed by atoms with E-state index in [-0.39, 0.29) is 18.9 Å². The van der Waals surface area contributed by atoms with Gasteiger partial charge in [-0.05, 0) is 42.0 Å². The largest absolute Gasteiger partial charge is 0.456 e. The molecule has 0 aromatic heterocycles. The summed E-state index contributed by atoms with van der Waals surface area (Å²) in [5, 5.41) is 0.541. The van der Waals surface area contributed by atoms with Crippen molar-refractivity contribution >= 4 is 29.2 Å². The predicted molar refractivity (Wildman–Crippen MR) is 90.7 cm³/mol. The number of cyclic esters (lactones) is 1. The van der Waals surface area contributed by atoms with Gasteiger partial charge in [-0.15, -0.1) is 0 Å². The number of halogens is 2. The van der Waals surface area contributed by atoms with Crippen LogP contribution in [0.4, 0.5) is 10.1 Å². The van der Waals surface area contributed by atoms with E-state index >= 15 is 0 Å². The number of anilines is 1. The number of carbonyl (C=O) groups excluding carboxylic acids is 2. The quantitative estimate of drug-likeness (QED) is 0.768. The summed E-state index contributed by atoms with van der Waals surface area (Å²) in [6.45, 7) is 0.0222. The van der Waals surface area contributed by atoms with Crippen LogP contribution in [0.25, 0.3) is 0 Å². The summed E-state index contributed by atoms with van der Waals surface area (Å²) >= 11 is 6.06. The van der Waals surface area contributed by atoms with Gasteiger partial charge in [-0.2, -0.15) is 0 Å². The molecule has 0 saturated carbocycles. The van der Waals surface area contributed by atoms with Crippen LogP contribution in [0.5, 0.6) is 0 Å². The Labute approximate surface area is 148 Å². The molecule has 4 nitrogen and oxygen atoms in total. The van der Waals surface area contributed by atoms with Gasteiger partial charge < -0.3 is 4.74 Å². The molecule has 2 heterocycles. The minimum atomic E-state index is -0.431. The Morgan fingerprint density at radius 3 is 2.60 bits per heavy atom. The van der Waals surface area contributed by atoms with Crippen LogP contribution in [0.3, 0.4) is 0 Å². The summed E-state index contributed by atoms with van der Waals surface area (Å²) in [7, 11) is 0. The average Bonchev–Trinajstić information content (AvgIpc) is 2.97. The van der Waals surface area contributed by atoms with E-state index in [0.29, 0.717) is 22.0 Å². The Kier molecular flexibility index (Phi) is 3.81. The minimum Gasteiger partial charge on any atom is -0.456 e. The number of carbonyl (C=O) groups is 2. The van der Waals surface area contributed by atoms with Gasteiger partial charge in [-0.1, -0.05) is 23.7 Å². The van der Waals surface area contributed by atoms with Crippen molar-refractivity contribution in [1.82, 2.24) is 0 Å². The summed E-state index contributed by atoms with van der Waals surface area (Å²) in [4.78, 5) is 26.5. The van der Waals surface area contributed by atoms with E-state index in [0.717, 1.165) is 5.56 Å². The molecule has 1 amide bonds. The highest BCUT2D eigenvalue weighted by molar-refractivity contribution is 6.30. The summed E-state index contributed by atoms with van der Waals surface area (Å²) < 4.78 is 18.4. The zero-order valence-corrected chi connectivity index (χ0v) is 13.8. The third kappa shape index (κ3) is 2.70. The zero-order chi connectivity index (χ0) is 17.6. The van der Waals surface area contributed by atoms with E-state index in [4.69, 9.17) is 16.3 Å². The van der Waals surface area contributed by atoms with Gasteiger partial charge in [0.15, 0.2) is 0 Å². The first-order valence-corrected chi connectivity index (χ1v) is 8.16. The van der Waals surface area contributed by atoms with Crippen LogP contribution < -0.4 is 4.90 Å². The van der Waals surface area contributed by atoms with E-state index in [2.05, 4.69) is 0 Å². The Bertz CT molecular complexity index is 907. The molecule has 4 rings (SSSR count). The first kappa shape index (κ1) is 15.8. The first-order chi connectivity index (χ1) is 12.0. The van der Waals surface area contributed by atoms with Gasteiger partial charge in [0.05, 0.1) is 11.3 Å². The van der Waals surface area contributed by atoms with Crippen molar-refractivity contribution in [2.24, 2.45) is 0 Å². The maximum absolute atomic E-state index is 13.2. The molecule has 1 atom stereocenters. The minimum absolute atomic E-state index is 0.0222. The van der Waals surface area contributed by atoms with Crippen molar-refractivity contribution in [3.8, 4) is 0 Å². The number of hydrogen-bond donors (Lipinski definition) is 0. The molecule has 2 aliphatic rings. The second-order valence-corrected chi connectivity index (χ2v) is 6.39. The van der Waals surface area contributed by atoms with Gasteiger partial charge in [0.1, 0.15) is 12.4 Å². The average molecular weight is 358 g/mol. The topological polar surface area (TPSA) is 46.6 Å². The van der Waals surface area contributed by atoms with Gasteiger partial charge in [0.25, 0.3) is 0 Å². The molecule has 0 radical (unpaired) electrons. The lowest BCUT2D eigenvalue weighted by molar-refractivity contribution is -0.136. The Hall–Kier alpha value is -2.66. The highest BCUT2D eigenvalue weighted by Gasteiger charge is 2.42. The molecular formula is C19H13ClFNO3. The molecule has 2 aromatic rings. The third-order valence-electron chi connectivity index (χ3n) is 4.45. The molecule has 0 saturated heterocycles. The number of ether oxygens (including phenoxy) is 1. The monoisotopic (exact) mass is 357 g/mol. The number of nitrogens with zero attached hydrogens (tertiary/aromatic N) is 1. The normalized spacial score (nSPS) is 19.9. The Morgan fingerprint density at radius 1 is 1.12 bits per heavy atom. The second-order valence-electron chi connectivity index (χ2n) is 5.95. The number of benzene rings is 2. The highest BCUT2D eigenvalue weighted by Crippen LogP contribution is 2.42. The van der Waals surface area contributed by atoms with Crippen LogP contribution in [-0.4, -0.2) is 18.5 Å². The van der Waals surface area contributed by atoms with Crippen molar-refractivity contribution < 1.29 is 18.7 Å². The van der Waals surface area contributed by atoms with E-state index in [1.807, 2.05) is 6.07 Å². The molecule has 0 unspecified atom stereocenters. The lowest BCUT2D eigenvalue weighted by Gasteiger charge is -2.31. The van der Waals surface area contributed by atoms with Gasteiger partial charge in [0.2, 0.25) is 5.91 Å². The van der Waals surface area contributed by atoms with E-state index in [1.54, 1.807) is 18.2 Å². The number of esters is 1. The summed E-state index contributed by atoms with van der Waals surface area (Å²) in [6.07, 6.45) is 0.117. The molecule has 126 valence electrons. The van der Waals surface area contributed by atoms with E-state index in [1.165, 1.54) is 29.2 Å². The molecular weight excluding hydrogens is 345 g/mol. The lowest BCUT2D eigenvalue weighted by atomic mass is 9.84. The third-order valence-corrected chi connectivity index (χ3v) is 4.69. The molecule has 2 aromatic carbocycles. The van der Waals surface area contributed by atoms with E-state index in [9.17, 15) is 14.0 Å². The lowest BCUT2D eigenvalue weighted by Crippen LogP contribution is -2.37. The van der Waals surface area contributed by atoms with Crippen molar-refractivity contribution in [2.75, 3.05) is 11.5 Å². The van der Waals surface area contributed by atoms with Crippen LogP contribution in [0.2, 0.25) is 5.02 Å². The number of rotatable bonds is 2. The van der Waals surface area contributed by atoms with Crippen molar-refractivity contribution in [2.45, 2.75) is 12.3 Å². The fourth-order valence-electron chi connectivity index (χ4n) is 3.35. The summed E-state index contributed by atoms with van der Waals surface area (Å²) in [5.41, 5.74) is 2.29. The molecule has 6 heteroatoms. The molecule has 2 aliphatic heterocycles. The smallest absolute Gasteiger partial charge is 0.336 e. The fourth-order valence-corrected chi connectivity index (χ4v) is 3.55. The number of hydrogen-bond acceptors (Lipinski definition) is 3. The van der Waals surface area contributed by atoms with Crippen LogP contribution in [0.1, 0.15) is 17.9 Å². The maximum atomic E-state index is 13.2. The van der Waals surface area contributed by atoms with Crippen LogP contribution in [-0.2, 0) is 14.3 Å². The molecule has 0 bridgehead atoms. The van der Waals surface area contributed by atoms with Gasteiger partial charge in [-0.3, -0.25) is 9.69 Å². The van der Waals surface area contributed by atoms with E-state index < -0.39 is 17.7 Å². The second kappa shape index (κ2) is 6.01. The van der Waals surface area contributed by atoms with Gasteiger partial charge in [0, 0.05) is 23.0 Å². The molecule has 0 spiro atoms. The highest BCUT2D eigenvalue weighted by atomic mass is 35.5. The van der Waals surface area contributed by atoms with Gasteiger partial charge >= 0.3 is 5.97 Å². The van der Waals surface area contributed by atoms with Crippen LogP contribution in [0, 0.1) is 5.82 Å². The summed E-state index contributed by atoms with van der Waals surface area (Å²) in [5.74, 6) is -1.39. The van der Waals surface area contributed by atoms with Crippen molar-refractivity contribution in [3.63, 3.8) is 0 Å². The predicted octanol–water partition coefficient (Wildman–Crippen LogP) is 3.81. The summed E-state index contributed by atoms with van der Waals surface area (Å²) in [6, 6.07) is 12.7. The zero-order valence-electron chi connectivity index (χ0n) is 13.0. The van der Waals surface area contributed by atoms with Crippen molar-refractivity contribution in [3.05, 3.63) is 76.2 Å². The Morgan fingerprint density at radius 2 is 1.88 bits per heavy atom. The Balaban J connectivity index is 1.83. The van der Waals surface area contributed by atoms with Crippen molar-refractivity contribution in [1.29, 1.82) is 0 Å². The molecule has 0 fully saturated rings. The van der Waals surface area contributed by atoms with Gasteiger partial charge in [-0.25, -0.2) is 9.18 Å². The SMILES string of the molecule is O=C1OCC2=C1[C@H](c1cccc(Cl)c1)CC(=O)N2c1ccc(F)cc1. The van der Waals surface area contributed by atoms with Crippen LogP contribution in [0.15, 0.2) is 59.8 Å². The molecule has 0 N–H and O–H groups in total. The first-order valence-electron chi connectivity index (χ1n) is 7.79. The molecule has 0 aliphatic carbocycles. The standard InChI is InChI=1S/C19H13ClFNO3/c20-12-3-1-2-11(8-12)15-9-17(23)22(14-6-4-13(21)5-7-14)16-10-25-19(24)18(15)16/h1-8,15H,9-10H2/t15-/m0/s1. The fraction of sp³-hybridized carbons (Fsp3) is 0.158. The number of amides is 1. The molecule has 25 heavy (non-hydrogen) atoms.